The molecule has 0 aliphatic carbocycles. The normalized spacial score (nSPS) is 12.9. The van der Waals surface area contributed by atoms with Crippen LogP contribution in [0.3, 0.4) is 0 Å². The molecule has 3 rings (SSSR count). The summed E-state index contributed by atoms with van der Waals surface area (Å²) in [6, 6.07) is 19.2. The first-order chi connectivity index (χ1) is 17.5. The molecule has 0 aromatic heterocycles. The molecule has 0 aliphatic heterocycles. The van der Waals surface area contributed by atoms with Gasteiger partial charge in [-0.25, -0.2) is 4.79 Å². The quantitative estimate of drug-likeness (QED) is 0.348. The van der Waals surface area contributed by atoms with Gasteiger partial charge in [-0.3, -0.25) is 9.59 Å². The molecule has 7 nitrogen and oxygen atoms in total. The molecule has 0 heterocycles. The number of benzene rings is 3. The summed E-state index contributed by atoms with van der Waals surface area (Å²) in [6.45, 7) is 7.27. The topological polar surface area (TPSA) is 87.7 Å². The van der Waals surface area contributed by atoms with Crippen molar-refractivity contribution in [3.63, 3.8) is 0 Å². The minimum atomic E-state index is -0.978. The first-order valence-electron chi connectivity index (χ1n) is 12.3. The highest BCUT2D eigenvalue weighted by atomic mass is 32.1. The average molecular weight is 522 g/mol. The molecule has 2 N–H and O–H groups in total. The van der Waals surface area contributed by atoms with Crippen LogP contribution in [0.5, 0.6) is 0 Å². The lowest BCUT2D eigenvalue weighted by Crippen LogP contribution is -2.52. The molecule has 3 aromatic rings. The maximum absolute atomic E-state index is 13.6. The van der Waals surface area contributed by atoms with Gasteiger partial charge in [0.25, 0.3) is 5.91 Å². The highest BCUT2D eigenvalue weighted by Crippen LogP contribution is 2.25. The van der Waals surface area contributed by atoms with Crippen molar-refractivity contribution in [2.75, 3.05) is 18.1 Å². The fraction of sp³-hybridized carbons (Fsp3) is 0.345. The van der Waals surface area contributed by atoms with Crippen molar-refractivity contribution in [2.24, 2.45) is 0 Å². The third kappa shape index (κ3) is 7.49. The molecule has 3 aromatic carbocycles. The summed E-state index contributed by atoms with van der Waals surface area (Å²) in [6.07, 6.45) is 0.127. The Kier molecular flexibility index (Phi) is 9.21. The zero-order valence-electron chi connectivity index (χ0n) is 21.9. The number of hydrogen-bond donors (Lipinski definition) is 3. The number of anilines is 1. The molecule has 0 fully saturated rings. The Morgan fingerprint density at radius 2 is 1.62 bits per heavy atom. The van der Waals surface area contributed by atoms with Crippen molar-refractivity contribution in [3.8, 4) is 0 Å². The molecule has 2 atom stereocenters. The molecule has 0 spiro atoms. The number of carbonyl (C=O) groups excluding carboxylic acids is 3. The van der Waals surface area contributed by atoms with E-state index in [0.717, 1.165) is 22.8 Å². The van der Waals surface area contributed by atoms with E-state index in [1.165, 1.54) is 4.90 Å². The molecule has 0 aliphatic rings. The number of nitrogens with zero attached hydrogens (tertiary/aromatic N) is 1. The Bertz CT molecular complexity index is 1250. The van der Waals surface area contributed by atoms with Crippen molar-refractivity contribution in [3.05, 3.63) is 77.9 Å². The van der Waals surface area contributed by atoms with Crippen LogP contribution in [0.4, 0.5) is 10.5 Å². The number of ether oxygens (including phenoxy) is 1. The standard InChI is InChI=1S/C29H35N3O4S/c1-6-19-11-13-21(14-12-19)25(26(33)30-23-16-15-20-9-7-8-10-22(20)17-23)32(5)27(34)24(18-37)31-28(35)36-29(2,3)4/h7-17,24-25,37H,6,18H2,1-5H3,(H,30,33)(H,31,35). The number of fused-ring (bicyclic) bond motifs is 1. The van der Waals surface area contributed by atoms with E-state index in [-0.39, 0.29) is 11.7 Å². The number of likely N-dealkylation sites (N-methyl/N-ethyl adjacent to an activating group) is 1. The van der Waals surface area contributed by atoms with Gasteiger partial charge in [-0.1, -0.05) is 61.5 Å². The second-order valence-corrected chi connectivity index (χ2v) is 10.2. The maximum atomic E-state index is 13.6. The summed E-state index contributed by atoms with van der Waals surface area (Å²) >= 11 is 4.27. The van der Waals surface area contributed by atoms with Crippen LogP contribution in [-0.2, 0) is 20.7 Å². The number of nitrogens with one attached hydrogen (secondary N) is 2. The fourth-order valence-electron chi connectivity index (χ4n) is 3.97. The van der Waals surface area contributed by atoms with Gasteiger partial charge in [0.05, 0.1) is 0 Å². The lowest BCUT2D eigenvalue weighted by Gasteiger charge is -2.31. The number of rotatable bonds is 8. The number of carbonyl (C=O) groups is 3. The summed E-state index contributed by atoms with van der Waals surface area (Å²) in [7, 11) is 1.55. The van der Waals surface area contributed by atoms with Crippen molar-refractivity contribution >= 4 is 47.0 Å². The van der Waals surface area contributed by atoms with Crippen LogP contribution in [0.2, 0.25) is 0 Å². The van der Waals surface area contributed by atoms with E-state index in [1.54, 1.807) is 27.8 Å². The smallest absolute Gasteiger partial charge is 0.408 e. The Hall–Kier alpha value is -3.52. The van der Waals surface area contributed by atoms with E-state index in [1.807, 2.05) is 73.7 Å². The van der Waals surface area contributed by atoms with Gasteiger partial charge in [0, 0.05) is 18.5 Å². The van der Waals surface area contributed by atoms with E-state index in [2.05, 4.69) is 23.3 Å². The summed E-state index contributed by atoms with van der Waals surface area (Å²) in [4.78, 5) is 40.8. The number of alkyl carbamates (subject to hydrolysis) is 1. The van der Waals surface area contributed by atoms with Crippen molar-refractivity contribution in [2.45, 2.75) is 51.8 Å². The second-order valence-electron chi connectivity index (χ2n) is 9.88. The third-order valence-electron chi connectivity index (χ3n) is 5.88. The molecule has 37 heavy (non-hydrogen) atoms. The van der Waals surface area contributed by atoms with E-state index in [0.29, 0.717) is 11.3 Å². The highest BCUT2D eigenvalue weighted by Gasteiger charge is 2.33. The van der Waals surface area contributed by atoms with E-state index in [4.69, 9.17) is 4.74 Å². The van der Waals surface area contributed by atoms with E-state index >= 15 is 0 Å². The van der Waals surface area contributed by atoms with Gasteiger partial charge < -0.3 is 20.3 Å². The van der Waals surface area contributed by atoms with Gasteiger partial charge in [-0.05, 0) is 61.2 Å². The van der Waals surface area contributed by atoms with Crippen LogP contribution in [-0.4, -0.2) is 47.3 Å². The summed E-state index contributed by atoms with van der Waals surface area (Å²) in [5, 5.41) is 7.59. The van der Waals surface area contributed by atoms with Gasteiger partial charge in [0.1, 0.15) is 17.7 Å². The molecular formula is C29H35N3O4S. The van der Waals surface area contributed by atoms with Gasteiger partial charge in [-0.2, -0.15) is 12.6 Å². The molecule has 3 amide bonds. The van der Waals surface area contributed by atoms with Crippen molar-refractivity contribution in [1.29, 1.82) is 0 Å². The molecule has 196 valence electrons. The SMILES string of the molecule is CCc1ccc(C(C(=O)Nc2ccc3ccccc3c2)N(C)C(=O)C(CS)NC(=O)OC(C)(C)C)cc1. The number of hydrogen-bond acceptors (Lipinski definition) is 5. The first kappa shape index (κ1) is 28.1. The van der Waals surface area contributed by atoms with Gasteiger partial charge in [0.2, 0.25) is 5.91 Å². The van der Waals surface area contributed by atoms with Crippen molar-refractivity contribution in [1.82, 2.24) is 10.2 Å². The molecule has 0 bridgehead atoms. The van der Waals surface area contributed by atoms with Crippen molar-refractivity contribution < 1.29 is 19.1 Å². The Morgan fingerprint density at radius 1 is 0.973 bits per heavy atom. The number of thiol groups is 1. The van der Waals surface area contributed by atoms with Crippen LogP contribution < -0.4 is 10.6 Å². The van der Waals surface area contributed by atoms with Crippen LogP contribution in [0.15, 0.2) is 66.7 Å². The van der Waals surface area contributed by atoms with Crippen LogP contribution >= 0.6 is 12.6 Å². The summed E-state index contributed by atoms with van der Waals surface area (Å²) < 4.78 is 5.30. The zero-order chi connectivity index (χ0) is 27.2. The van der Waals surface area contributed by atoms with E-state index in [9.17, 15) is 14.4 Å². The monoisotopic (exact) mass is 521 g/mol. The fourth-order valence-corrected chi connectivity index (χ4v) is 4.22. The molecule has 0 radical (unpaired) electrons. The molecule has 2 unspecified atom stereocenters. The Labute approximate surface area is 224 Å². The predicted molar refractivity (Wildman–Crippen MR) is 151 cm³/mol. The number of aryl methyl sites for hydroxylation is 1. The number of amides is 3. The minimum Gasteiger partial charge on any atom is -0.444 e. The third-order valence-corrected chi connectivity index (χ3v) is 6.24. The van der Waals surface area contributed by atoms with Crippen LogP contribution in [0.1, 0.15) is 44.9 Å². The minimum absolute atomic E-state index is 0.0379. The summed E-state index contributed by atoms with van der Waals surface area (Å²) in [5.74, 6) is -0.791. The first-order valence-corrected chi connectivity index (χ1v) is 12.9. The lowest BCUT2D eigenvalue weighted by molar-refractivity contribution is -0.138. The van der Waals surface area contributed by atoms with Gasteiger partial charge >= 0.3 is 6.09 Å². The summed E-state index contributed by atoms with van der Waals surface area (Å²) in [5.41, 5.74) is 1.67. The molecule has 8 heteroatoms. The van der Waals surface area contributed by atoms with Crippen LogP contribution in [0.25, 0.3) is 10.8 Å². The molecular weight excluding hydrogens is 486 g/mol. The van der Waals surface area contributed by atoms with Gasteiger partial charge in [0.15, 0.2) is 0 Å². The lowest BCUT2D eigenvalue weighted by atomic mass is 10.0. The zero-order valence-corrected chi connectivity index (χ0v) is 22.8. The average Bonchev–Trinajstić information content (AvgIpc) is 2.86. The van der Waals surface area contributed by atoms with Gasteiger partial charge in [-0.15, -0.1) is 0 Å². The Morgan fingerprint density at radius 3 is 2.22 bits per heavy atom. The largest absolute Gasteiger partial charge is 0.444 e. The predicted octanol–water partition coefficient (Wildman–Crippen LogP) is 5.36. The van der Waals surface area contributed by atoms with Crippen LogP contribution in [0, 0.1) is 0 Å². The maximum Gasteiger partial charge on any atom is 0.408 e. The van der Waals surface area contributed by atoms with E-state index < -0.39 is 29.7 Å². The molecule has 0 saturated heterocycles. The highest BCUT2D eigenvalue weighted by molar-refractivity contribution is 7.80. The Balaban J connectivity index is 1.88. The second kappa shape index (κ2) is 12.1. The molecule has 0 saturated carbocycles.